The molecule has 2 aliphatic heterocycles. The van der Waals surface area contributed by atoms with Gasteiger partial charge in [0.2, 0.25) is 0 Å². The summed E-state index contributed by atoms with van der Waals surface area (Å²) in [4.78, 5) is 27.3. The zero-order valence-corrected chi connectivity index (χ0v) is 14.4. The Morgan fingerprint density at radius 2 is 1.91 bits per heavy atom. The van der Waals surface area contributed by atoms with Crippen molar-refractivity contribution < 1.29 is 19.1 Å². The van der Waals surface area contributed by atoms with E-state index >= 15 is 0 Å². The number of amides is 1. The summed E-state index contributed by atoms with van der Waals surface area (Å²) in [6.45, 7) is 11.0. The Balaban J connectivity index is 1.53. The van der Waals surface area contributed by atoms with Crippen LogP contribution in [0.2, 0.25) is 0 Å². The van der Waals surface area contributed by atoms with Gasteiger partial charge in [0, 0.05) is 25.0 Å². The molecule has 0 aromatic carbocycles. The first-order chi connectivity index (χ1) is 10.8. The zero-order valence-electron chi connectivity index (χ0n) is 14.4. The number of morpholine rings is 1. The summed E-state index contributed by atoms with van der Waals surface area (Å²) in [5, 5.41) is 3.00. The molecule has 0 radical (unpaired) electrons. The maximum absolute atomic E-state index is 12.8. The third kappa shape index (κ3) is 2.38. The van der Waals surface area contributed by atoms with Crippen molar-refractivity contribution in [3.63, 3.8) is 0 Å². The van der Waals surface area contributed by atoms with E-state index < -0.39 is 16.4 Å². The lowest BCUT2D eigenvalue weighted by Crippen LogP contribution is -2.53. The van der Waals surface area contributed by atoms with Gasteiger partial charge in [0.05, 0.1) is 18.6 Å². The second-order valence-corrected chi connectivity index (χ2v) is 7.74. The van der Waals surface area contributed by atoms with E-state index in [2.05, 4.69) is 10.2 Å². The van der Waals surface area contributed by atoms with Crippen molar-refractivity contribution in [2.75, 3.05) is 39.4 Å². The number of carbonyl (C=O) groups is 2. The number of hydrogen-bond donors (Lipinski definition) is 1. The molecule has 1 saturated carbocycles. The van der Waals surface area contributed by atoms with Crippen LogP contribution >= 0.6 is 0 Å². The number of hydrogen-bond acceptors (Lipinski definition) is 5. The minimum atomic E-state index is -0.988. The Morgan fingerprint density at radius 3 is 2.48 bits per heavy atom. The maximum Gasteiger partial charge on any atom is 0.313 e. The molecule has 0 aromatic rings. The quantitative estimate of drug-likeness (QED) is 0.602. The predicted molar refractivity (Wildman–Crippen MR) is 84.8 cm³/mol. The van der Waals surface area contributed by atoms with Gasteiger partial charge >= 0.3 is 5.97 Å². The van der Waals surface area contributed by atoms with E-state index in [0.29, 0.717) is 13.0 Å². The van der Waals surface area contributed by atoms with Crippen LogP contribution < -0.4 is 5.32 Å². The van der Waals surface area contributed by atoms with E-state index in [-0.39, 0.29) is 11.9 Å². The molecule has 6 heteroatoms. The molecule has 2 atom stereocenters. The van der Waals surface area contributed by atoms with Crippen LogP contribution in [-0.4, -0.2) is 61.8 Å². The molecule has 3 rings (SSSR count). The first-order valence-corrected chi connectivity index (χ1v) is 8.65. The fourth-order valence-corrected chi connectivity index (χ4v) is 4.22. The van der Waals surface area contributed by atoms with E-state index in [4.69, 9.17) is 9.47 Å². The van der Waals surface area contributed by atoms with Crippen molar-refractivity contribution in [3.05, 3.63) is 0 Å². The van der Waals surface area contributed by atoms with Gasteiger partial charge in [-0.25, -0.2) is 0 Å². The molecular weight excluding hydrogens is 296 g/mol. The average molecular weight is 324 g/mol. The van der Waals surface area contributed by atoms with E-state index in [9.17, 15) is 9.59 Å². The highest BCUT2D eigenvalue weighted by atomic mass is 16.6. The van der Waals surface area contributed by atoms with Crippen LogP contribution in [0.3, 0.4) is 0 Å². The van der Waals surface area contributed by atoms with Gasteiger partial charge in [0.15, 0.2) is 5.60 Å². The minimum Gasteiger partial charge on any atom is -0.448 e. The molecule has 3 fully saturated rings. The summed E-state index contributed by atoms with van der Waals surface area (Å²) in [6, 6.07) is 0. The molecule has 2 bridgehead atoms. The van der Waals surface area contributed by atoms with Crippen LogP contribution in [0.4, 0.5) is 0 Å². The Labute approximate surface area is 137 Å². The average Bonchev–Trinajstić information content (AvgIpc) is 2.83. The summed E-state index contributed by atoms with van der Waals surface area (Å²) >= 11 is 0. The van der Waals surface area contributed by atoms with Crippen LogP contribution in [0.15, 0.2) is 0 Å². The first kappa shape index (κ1) is 16.7. The molecule has 6 nitrogen and oxygen atoms in total. The zero-order chi connectivity index (χ0) is 16.7. The van der Waals surface area contributed by atoms with E-state index in [1.54, 1.807) is 0 Å². The number of rotatable bonds is 5. The molecule has 1 aliphatic carbocycles. The largest absolute Gasteiger partial charge is 0.448 e. The normalized spacial score (nSPS) is 36.0. The van der Waals surface area contributed by atoms with Crippen molar-refractivity contribution in [3.8, 4) is 0 Å². The fraction of sp³-hybridized carbons (Fsp3) is 0.882. The summed E-state index contributed by atoms with van der Waals surface area (Å²) in [6.07, 6.45) is 2.24. The van der Waals surface area contributed by atoms with Gasteiger partial charge in [-0.15, -0.1) is 0 Å². The van der Waals surface area contributed by atoms with E-state index in [1.165, 1.54) is 0 Å². The second-order valence-electron chi connectivity index (χ2n) is 7.74. The number of nitrogens with one attached hydrogen (secondary N) is 1. The summed E-state index contributed by atoms with van der Waals surface area (Å²) in [5.41, 5.74) is -2.00. The predicted octanol–water partition coefficient (Wildman–Crippen LogP) is 0.947. The minimum absolute atomic E-state index is 0.126. The molecule has 130 valence electrons. The SMILES string of the molecule is CC1(C)[C@@]2(C)CC[C@]1(C(=O)NCCCN1CCOCC1)OC2=O. The van der Waals surface area contributed by atoms with Gasteiger partial charge in [-0.3, -0.25) is 14.5 Å². The van der Waals surface area contributed by atoms with Gasteiger partial charge in [-0.2, -0.15) is 0 Å². The Kier molecular flexibility index (Phi) is 4.17. The number of fused-ring (bicyclic) bond motifs is 2. The monoisotopic (exact) mass is 324 g/mol. The number of carbonyl (C=O) groups excluding carboxylic acids is 2. The molecular formula is C17H28N2O4. The van der Waals surface area contributed by atoms with Crippen molar-refractivity contribution in [2.24, 2.45) is 10.8 Å². The summed E-state index contributed by atoms with van der Waals surface area (Å²) < 4.78 is 10.9. The fourth-order valence-electron chi connectivity index (χ4n) is 4.22. The molecule has 0 spiro atoms. The van der Waals surface area contributed by atoms with Gasteiger partial charge in [0.25, 0.3) is 5.91 Å². The number of esters is 1. The second kappa shape index (κ2) is 5.74. The molecule has 0 unspecified atom stereocenters. The van der Waals surface area contributed by atoms with Crippen LogP contribution in [0.1, 0.15) is 40.0 Å². The molecule has 1 amide bonds. The van der Waals surface area contributed by atoms with Crippen molar-refractivity contribution in [2.45, 2.75) is 45.6 Å². The summed E-state index contributed by atoms with van der Waals surface area (Å²) in [5.74, 6) is -0.351. The lowest BCUT2D eigenvalue weighted by atomic mass is 9.66. The smallest absolute Gasteiger partial charge is 0.313 e. The van der Waals surface area contributed by atoms with Crippen molar-refractivity contribution in [1.29, 1.82) is 0 Å². The Bertz CT molecular complexity index is 501. The number of ether oxygens (including phenoxy) is 2. The topological polar surface area (TPSA) is 67.9 Å². The maximum atomic E-state index is 12.8. The third-order valence-corrected chi connectivity index (χ3v) is 6.49. The third-order valence-electron chi connectivity index (χ3n) is 6.49. The molecule has 1 N–H and O–H groups in total. The van der Waals surface area contributed by atoms with Crippen LogP contribution in [-0.2, 0) is 19.1 Å². The molecule has 23 heavy (non-hydrogen) atoms. The van der Waals surface area contributed by atoms with Crippen LogP contribution in [0, 0.1) is 10.8 Å². The molecule has 2 heterocycles. The van der Waals surface area contributed by atoms with Crippen molar-refractivity contribution >= 4 is 11.9 Å². The lowest BCUT2D eigenvalue weighted by molar-refractivity contribution is -0.168. The van der Waals surface area contributed by atoms with E-state index in [0.717, 1.165) is 45.7 Å². The Hall–Kier alpha value is -1.14. The lowest BCUT2D eigenvalue weighted by Gasteiger charge is -2.35. The van der Waals surface area contributed by atoms with Gasteiger partial charge in [0.1, 0.15) is 0 Å². The van der Waals surface area contributed by atoms with E-state index in [1.807, 2.05) is 20.8 Å². The summed E-state index contributed by atoms with van der Waals surface area (Å²) in [7, 11) is 0. The van der Waals surface area contributed by atoms with Gasteiger partial charge < -0.3 is 14.8 Å². The van der Waals surface area contributed by atoms with Crippen molar-refractivity contribution in [1.82, 2.24) is 10.2 Å². The van der Waals surface area contributed by atoms with Gasteiger partial charge in [-0.05, 0) is 32.7 Å². The first-order valence-electron chi connectivity index (χ1n) is 8.65. The highest BCUT2D eigenvalue weighted by Gasteiger charge is 2.75. The van der Waals surface area contributed by atoms with Gasteiger partial charge in [-0.1, -0.05) is 13.8 Å². The standard InChI is InChI=1S/C17H28N2O4/c1-15(2)16(3)5-6-17(15,23-14(16)21)13(20)18-7-4-8-19-9-11-22-12-10-19/h4-12H2,1-3H3,(H,18,20)/t16-,17+/m0/s1. The molecule has 2 saturated heterocycles. The molecule has 3 aliphatic rings. The Morgan fingerprint density at radius 1 is 1.22 bits per heavy atom. The molecule has 0 aromatic heterocycles. The van der Waals surface area contributed by atoms with Crippen LogP contribution in [0.5, 0.6) is 0 Å². The van der Waals surface area contributed by atoms with Crippen LogP contribution in [0.25, 0.3) is 0 Å². The number of nitrogens with zero attached hydrogens (tertiary/aromatic N) is 1. The highest BCUT2D eigenvalue weighted by Crippen LogP contribution is 2.65. The highest BCUT2D eigenvalue weighted by molar-refractivity contribution is 5.96.